The fourth-order valence-electron chi connectivity index (χ4n) is 1.71. The Morgan fingerprint density at radius 1 is 1.00 bits per heavy atom. The summed E-state index contributed by atoms with van der Waals surface area (Å²) < 4.78 is 39.9. The Morgan fingerprint density at radius 3 is 2.21 bits per heavy atom. The highest BCUT2D eigenvalue weighted by Crippen LogP contribution is 2.32. The molecule has 0 aliphatic rings. The lowest BCUT2D eigenvalue weighted by atomic mass is 10.0. The molecule has 2 aromatic rings. The topological polar surface area (TPSA) is 9.23 Å². The highest BCUT2D eigenvalue weighted by molar-refractivity contribution is 6.34. The molecule has 5 heteroatoms. The van der Waals surface area contributed by atoms with Gasteiger partial charge < -0.3 is 4.74 Å². The van der Waals surface area contributed by atoms with Crippen molar-refractivity contribution < 1.29 is 17.9 Å². The summed E-state index contributed by atoms with van der Waals surface area (Å²) in [5.41, 5.74) is 2.43. The summed E-state index contributed by atoms with van der Waals surface area (Å²) in [6.45, 7) is 1.87. The maximum absolute atomic E-state index is 12.0. The lowest BCUT2D eigenvalue weighted by Crippen LogP contribution is -2.16. The molecule has 0 aliphatic heterocycles. The molecular weight excluding hydrogens is 277 g/mol. The maximum Gasteiger partial charge on any atom is 0.573 e. The highest BCUT2D eigenvalue weighted by atomic mass is 35.5. The zero-order valence-corrected chi connectivity index (χ0v) is 10.7. The molecule has 0 aromatic heterocycles. The lowest BCUT2D eigenvalue weighted by Gasteiger charge is -2.10. The highest BCUT2D eigenvalue weighted by Gasteiger charge is 2.30. The molecule has 0 saturated heterocycles. The molecule has 0 spiro atoms. The Kier molecular flexibility index (Phi) is 3.71. The molecule has 0 radical (unpaired) electrons. The summed E-state index contributed by atoms with van der Waals surface area (Å²) in [5, 5.41) is 0.590. The Hall–Kier alpha value is -1.68. The van der Waals surface area contributed by atoms with E-state index in [2.05, 4.69) is 4.74 Å². The molecule has 0 aliphatic carbocycles. The molecule has 0 unspecified atom stereocenters. The first-order valence-corrected chi connectivity index (χ1v) is 5.86. The number of hydrogen-bond donors (Lipinski definition) is 0. The van der Waals surface area contributed by atoms with Gasteiger partial charge >= 0.3 is 6.36 Å². The Morgan fingerprint density at radius 2 is 1.63 bits per heavy atom. The molecule has 1 nitrogen and oxygen atoms in total. The zero-order valence-electron chi connectivity index (χ0n) is 9.96. The van der Waals surface area contributed by atoms with Crippen molar-refractivity contribution in [1.82, 2.24) is 0 Å². The number of halogens is 4. The van der Waals surface area contributed by atoms with Gasteiger partial charge in [0, 0.05) is 5.56 Å². The van der Waals surface area contributed by atoms with Crippen LogP contribution in [0.1, 0.15) is 5.56 Å². The molecular formula is C14H10ClF3O. The van der Waals surface area contributed by atoms with E-state index in [0.29, 0.717) is 5.02 Å². The summed E-state index contributed by atoms with van der Waals surface area (Å²) in [6, 6.07) is 11.1. The molecule has 0 N–H and O–H groups in total. The molecule has 100 valence electrons. The van der Waals surface area contributed by atoms with E-state index in [1.54, 1.807) is 12.1 Å². The quantitative estimate of drug-likeness (QED) is 0.736. The van der Waals surface area contributed by atoms with Crippen LogP contribution in [0.4, 0.5) is 13.2 Å². The second-order valence-corrected chi connectivity index (χ2v) is 4.39. The first kappa shape index (κ1) is 13.7. The van der Waals surface area contributed by atoms with E-state index in [1.165, 1.54) is 12.1 Å². The van der Waals surface area contributed by atoms with Crippen molar-refractivity contribution in [1.29, 1.82) is 0 Å². The maximum atomic E-state index is 12.0. The Bertz CT molecular complexity index is 576. The zero-order chi connectivity index (χ0) is 14.0. The van der Waals surface area contributed by atoms with E-state index in [0.717, 1.165) is 16.7 Å². The molecule has 0 atom stereocenters. The van der Waals surface area contributed by atoms with Crippen LogP contribution in [-0.2, 0) is 0 Å². The van der Waals surface area contributed by atoms with Gasteiger partial charge in [0.05, 0.1) is 5.02 Å². The van der Waals surface area contributed by atoms with Crippen LogP contribution in [0.2, 0.25) is 5.02 Å². The van der Waals surface area contributed by atoms with Crippen LogP contribution in [0, 0.1) is 6.92 Å². The van der Waals surface area contributed by atoms with Gasteiger partial charge in [-0.05, 0) is 30.2 Å². The third-order valence-electron chi connectivity index (χ3n) is 2.59. The standard InChI is InChI=1S/C14H10ClF3O/c1-9-3-2-4-12(13(9)15)10-5-7-11(8-6-10)19-14(16,17)18/h2-8H,1H3. The van der Waals surface area contributed by atoms with Gasteiger partial charge in [-0.15, -0.1) is 13.2 Å². The molecule has 0 fully saturated rings. The van der Waals surface area contributed by atoms with Crippen molar-refractivity contribution >= 4 is 11.6 Å². The van der Waals surface area contributed by atoms with Crippen molar-refractivity contribution in [2.45, 2.75) is 13.3 Å². The van der Waals surface area contributed by atoms with Crippen LogP contribution in [0.5, 0.6) is 5.75 Å². The summed E-state index contributed by atoms with van der Waals surface area (Å²) in [5.74, 6) is -0.250. The largest absolute Gasteiger partial charge is 0.573 e. The summed E-state index contributed by atoms with van der Waals surface area (Å²) in [7, 11) is 0. The summed E-state index contributed by atoms with van der Waals surface area (Å²) in [4.78, 5) is 0. The van der Waals surface area contributed by atoms with Crippen LogP contribution < -0.4 is 4.74 Å². The first-order valence-electron chi connectivity index (χ1n) is 5.48. The Balaban J connectivity index is 2.30. The first-order chi connectivity index (χ1) is 8.87. The average Bonchev–Trinajstić information content (AvgIpc) is 2.32. The van der Waals surface area contributed by atoms with Gasteiger partial charge in [-0.2, -0.15) is 0 Å². The molecule has 0 amide bonds. The number of alkyl halides is 3. The van der Waals surface area contributed by atoms with Crippen LogP contribution in [0.3, 0.4) is 0 Å². The predicted molar refractivity (Wildman–Crippen MR) is 68.3 cm³/mol. The Labute approximate surface area is 113 Å². The third-order valence-corrected chi connectivity index (χ3v) is 3.09. The van der Waals surface area contributed by atoms with Gasteiger partial charge in [-0.1, -0.05) is 41.9 Å². The summed E-state index contributed by atoms with van der Waals surface area (Å²) >= 11 is 6.16. The van der Waals surface area contributed by atoms with Crippen LogP contribution >= 0.6 is 11.6 Å². The second-order valence-electron chi connectivity index (χ2n) is 4.01. The van der Waals surface area contributed by atoms with Crippen molar-refractivity contribution in [2.75, 3.05) is 0 Å². The number of aryl methyl sites for hydroxylation is 1. The van der Waals surface area contributed by atoms with Crippen molar-refractivity contribution in [2.24, 2.45) is 0 Å². The van der Waals surface area contributed by atoms with Gasteiger partial charge in [-0.3, -0.25) is 0 Å². The minimum Gasteiger partial charge on any atom is -0.406 e. The monoisotopic (exact) mass is 286 g/mol. The minimum absolute atomic E-state index is 0.250. The van der Waals surface area contributed by atoms with Gasteiger partial charge in [0.1, 0.15) is 5.75 Å². The number of benzene rings is 2. The van der Waals surface area contributed by atoms with Gasteiger partial charge in [0.15, 0.2) is 0 Å². The molecule has 0 bridgehead atoms. The van der Waals surface area contributed by atoms with Crippen LogP contribution in [0.15, 0.2) is 42.5 Å². The van der Waals surface area contributed by atoms with E-state index in [4.69, 9.17) is 11.6 Å². The van der Waals surface area contributed by atoms with Gasteiger partial charge in [-0.25, -0.2) is 0 Å². The van der Waals surface area contributed by atoms with Crippen molar-refractivity contribution in [3.63, 3.8) is 0 Å². The van der Waals surface area contributed by atoms with Crippen molar-refractivity contribution in [3.8, 4) is 16.9 Å². The van der Waals surface area contributed by atoms with Crippen molar-refractivity contribution in [3.05, 3.63) is 53.1 Å². The van der Waals surface area contributed by atoms with E-state index in [9.17, 15) is 13.2 Å². The van der Waals surface area contributed by atoms with Gasteiger partial charge in [0.25, 0.3) is 0 Å². The molecule has 0 saturated carbocycles. The molecule has 2 aromatic carbocycles. The SMILES string of the molecule is Cc1cccc(-c2ccc(OC(F)(F)F)cc2)c1Cl. The third kappa shape index (κ3) is 3.41. The smallest absolute Gasteiger partial charge is 0.406 e. The predicted octanol–water partition coefficient (Wildman–Crippen LogP) is 5.21. The minimum atomic E-state index is -4.68. The second kappa shape index (κ2) is 5.13. The average molecular weight is 287 g/mol. The number of ether oxygens (including phenoxy) is 1. The van der Waals surface area contributed by atoms with E-state index in [1.807, 2.05) is 25.1 Å². The van der Waals surface area contributed by atoms with E-state index < -0.39 is 6.36 Å². The molecule has 0 heterocycles. The fraction of sp³-hybridized carbons (Fsp3) is 0.143. The van der Waals surface area contributed by atoms with Crippen LogP contribution in [0.25, 0.3) is 11.1 Å². The number of hydrogen-bond acceptors (Lipinski definition) is 1. The molecule has 19 heavy (non-hydrogen) atoms. The molecule has 2 rings (SSSR count). The van der Waals surface area contributed by atoms with Crippen LogP contribution in [-0.4, -0.2) is 6.36 Å². The normalized spacial score (nSPS) is 11.4. The lowest BCUT2D eigenvalue weighted by molar-refractivity contribution is -0.274. The van der Waals surface area contributed by atoms with Gasteiger partial charge in [0.2, 0.25) is 0 Å². The summed E-state index contributed by atoms with van der Waals surface area (Å²) in [6.07, 6.45) is -4.68. The number of rotatable bonds is 2. The van der Waals surface area contributed by atoms with E-state index in [-0.39, 0.29) is 5.75 Å². The van der Waals surface area contributed by atoms with E-state index >= 15 is 0 Å². The fourth-order valence-corrected chi connectivity index (χ4v) is 1.94.